The highest BCUT2D eigenvalue weighted by Gasteiger charge is 2.27. The van der Waals surface area contributed by atoms with Gasteiger partial charge in [-0.2, -0.15) is 5.10 Å². The summed E-state index contributed by atoms with van der Waals surface area (Å²) in [5, 5.41) is 11.0. The normalized spacial score (nSPS) is 19.9. The maximum absolute atomic E-state index is 12.9. The lowest BCUT2D eigenvalue weighted by molar-refractivity contribution is 0.0262. The van der Waals surface area contributed by atoms with Gasteiger partial charge in [-0.1, -0.05) is 25.3 Å². The Balaban J connectivity index is 1.31. The van der Waals surface area contributed by atoms with Gasteiger partial charge in [0.15, 0.2) is 5.82 Å². The number of fused-ring (bicyclic) bond motifs is 1. The standard InChI is InChI=1S/C30H40N6O3/c1-32-30(37)24-8-7-20(18-26(24)36-13-11-35(12-14-36)22-5-3-2-4-6-22)21-17-25-28(29(31)34-33-25)27(19-21)39-23-9-15-38-16-10-23/h7-8,17-19,22-23H,2-6,9-16H2,1H3,(H,32,37)(H3,31,33,34). The molecule has 2 saturated heterocycles. The Morgan fingerprint density at radius 2 is 1.79 bits per heavy atom. The maximum atomic E-state index is 12.9. The number of nitrogens with zero attached hydrogens (tertiary/aromatic N) is 3. The molecule has 0 radical (unpaired) electrons. The van der Waals surface area contributed by atoms with E-state index >= 15 is 0 Å². The number of carbonyl (C=O) groups is 1. The second-order valence-electron chi connectivity index (χ2n) is 11.1. The molecule has 4 N–H and O–H groups in total. The molecule has 0 bridgehead atoms. The van der Waals surface area contributed by atoms with Crippen molar-refractivity contribution in [3.05, 3.63) is 35.9 Å². The van der Waals surface area contributed by atoms with Crippen LogP contribution in [0.1, 0.15) is 55.3 Å². The molecule has 9 heteroatoms. The van der Waals surface area contributed by atoms with Gasteiger partial charge in [0.2, 0.25) is 0 Å². The second-order valence-corrected chi connectivity index (χ2v) is 11.1. The lowest BCUT2D eigenvalue weighted by Gasteiger charge is -2.42. The number of piperazine rings is 1. The smallest absolute Gasteiger partial charge is 0.253 e. The van der Waals surface area contributed by atoms with Gasteiger partial charge < -0.3 is 25.4 Å². The van der Waals surface area contributed by atoms with E-state index in [0.717, 1.165) is 72.5 Å². The van der Waals surface area contributed by atoms with Crippen molar-refractivity contribution in [1.82, 2.24) is 20.4 Å². The van der Waals surface area contributed by atoms with E-state index in [-0.39, 0.29) is 12.0 Å². The number of nitrogens with one attached hydrogen (secondary N) is 2. The molecule has 6 rings (SSSR count). The van der Waals surface area contributed by atoms with Gasteiger partial charge in [-0.05, 0) is 48.2 Å². The van der Waals surface area contributed by atoms with Crippen molar-refractivity contribution in [3.63, 3.8) is 0 Å². The van der Waals surface area contributed by atoms with Crippen molar-refractivity contribution >= 4 is 28.3 Å². The highest BCUT2D eigenvalue weighted by Crippen LogP contribution is 2.38. The summed E-state index contributed by atoms with van der Waals surface area (Å²) >= 11 is 0. The first-order valence-corrected chi connectivity index (χ1v) is 14.5. The van der Waals surface area contributed by atoms with E-state index < -0.39 is 0 Å². The van der Waals surface area contributed by atoms with Gasteiger partial charge in [0.05, 0.1) is 35.4 Å². The maximum Gasteiger partial charge on any atom is 0.253 e. The molecule has 3 fully saturated rings. The zero-order valence-electron chi connectivity index (χ0n) is 22.9. The second kappa shape index (κ2) is 11.4. The molecular weight excluding hydrogens is 492 g/mol. The van der Waals surface area contributed by atoms with Gasteiger partial charge in [0.25, 0.3) is 5.91 Å². The minimum absolute atomic E-state index is 0.0633. The van der Waals surface area contributed by atoms with Crippen LogP contribution in [-0.4, -0.2) is 79.6 Å². The van der Waals surface area contributed by atoms with E-state index in [1.165, 1.54) is 32.1 Å². The minimum atomic E-state index is -0.0633. The number of nitrogen functional groups attached to an aromatic ring is 1. The molecule has 2 aromatic carbocycles. The Hall–Kier alpha value is -3.30. The monoisotopic (exact) mass is 532 g/mol. The number of amides is 1. The molecule has 2 aliphatic heterocycles. The van der Waals surface area contributed by atoms with Crippen LogP contribution >= 0.6 is 0 Å². The molecule has 3 aliphatic rings. The van der Waals surface area contributed by atoms with Crippen LogP contribution in [0.25, 0.3) is 22.0 Å². The van der Waals surface area contributed by atoms with Crippen molar-refractivity contribution in [1.29, 1.82) is 0 Å². The fourth-order valence-electron chi connectivity index (χ4n) is 6.45. The zero-order chi connectivity index (χ0) is 26.8. The third-order valence-electron chi connectivity index (χ3n) is 8.67. The zero-order valence-corrected chi connectivity index (χ0v) is 22.9. The molecular formula is C30H40N6O3. The Morgan fingerprint density at radius 1 is 1.03 bits per heavy atom. The van der Waals surface area contributed by atoms with E-state index in [1.54, 1.807) is 7.05 Å². The van der Waals surface area contributed by atoms with Crippen molar-refractivity contribution in [2.45, 2.75) is 57.1 Å². The van der Waals surface area contributed by atoms with Crippen LogP contribution in [0.3, 0.4) is 0 Å². The van der Waals surface area contributed by atoms with Crippen molar-refractivity contribution in [3.8, 4) is 16.9 Å². The average Bonchev–Trinajstić information content (AvgIpc) is 3.38. The Bertz CT molecular complexity index is 1300. The summed E-state index contributed by atoms with van der Waals surface area (Å²) < 4.78 is 12.0. The summed E-state index contributed by atoms with van der Waals surface area (Å²) in [6.45, 7) is 5.30. The quantitative estimate of drug-likeness (QED) is 0.437. The highest BCUT2D eigenvalue weighted by atomic mass is 16.5. The van der Waals surface area contributed by atoms with Crippen molar-refractivity contribution in [2.24, 2.45) is 0 Å². The number of aromatic amines is 1. The van der Waals surface area contributed by atoms with Crippen LogP contribution in [0.2, 0.25) is 0 Å². The summed E-state index contributed by atoms with van der Waals surface area (Å²) in [5.41, 5.74) is 10.8. The molecule has 0 spiro atoms. The number of ether oxygens (including phenoxy) is 2. The Morgan fingerprint density at radius 3 is 2.54 bits per heavy atom. The molecule has 3 heterocycles. The molecule has 0 atom stereocenters. The molecule has 1 aliphatic carbocycles. The number of H-pyrrole nitrogens is 1. The number of benzene rings is 2. The number of hydrogen-bond donors (Lipinski definition) is 3. The highest BCUT2D eigenvalue weighted by molar-refractivity contribution is 6.01. The molecule has 1 amide bonds. The molecule has 39 heavy (non-hydrogen) atoms. The summed E-state index contributed by atoms with van der Waals surface area (Å²) in [7, 11) is 1.69. The van der Waals surface area contributed by atoms with Gasteiger partial charge in [0, 0.05) is 52.1 Å². The van der Waals surface area contributed by atoms with Gasteiger partial charge >= 0.3 is 0 Å². The topological polar surface area (TPSA) is 109 Å². The van der Waals surface area contributed by atoms with Crippen LogP contribution in [0.4, 0.5) is 11.5 Å². The SMILES string of the molecule is CNC(=O)c1ccc(-c2cc(OC3CCOCC3)c3c(N)n[nH]c3c2)cc1N1CCN(C2CCCCC2)CC1. The van der Waals surface area contributed by atoms with Gasteiger partial charge in [-0.15, -0.1) is 0 Å². The van der Waals surface area contributed by atoms with Crippen LogP contribution in [0.5, 0.6) is 5.75 Å². The van der Waals surface area contributed by atoms with Crippen LogP contribution in [0, 0.1) is 0 Å². The average molecular weight is 533 g/mol. The Labute approximate surface area is 230 Å². The lowest BCUT2D eigenvalue weighted by atomic mass is 9.93. The lowest BCUT2D eigenvalue weighted by Crippen LogP contribution is -2.51. The fraction of sp³-hybridized carbons (Fsp3) is 0.533. The molecule has 208 valence electrons. The van der Waals surface area contributed by atoms with E-state index in [1.807, 2.05) is 12.1 Å². The first-order chi connectivity index (χ1) is 19.1. The fourth-order valence-corrected chi connectivity index (χ4v) is 6.45. The number of rotatable bonds is 6. The molecule has 9 nitrogen and oxygen atoms in total. The predicted molar refractivity (Wildman–Crippen MR) is 154 cm³/mol. The van der Waals surface area contributed by atoms with E-state index in [0.29, 0.717) is 30.6 Å². The summed E-state index contributed by atoms with van der Waals surface area (Å²) in [6.07, 6.45) is 8.48. The Kier molecular flexibility index (Phi) is 7.61. The minimum Gasteiger partial charge on any atom is -0.489 e. The third kappa shape index (κ3) is 5.43. The summed E-state index contributed by atoms with van der Waals surface area (Å²) in [6, 6.07) is 11.0. The molecule has 1 saturated carbocycles. The number of nitrogens with two attached hydrogens (primary N) is 1. The predicted octanol–water partition coefficient (Wildman–Crippen LogP) is 4.18. The van der Waals surface area contributed by atoms with Crippen LogP contribution in [-0.2, 0) is 4.74 Å². The molecule has 1 aromatic heterocycles. The summed E-state index contributed by atoms with van der Waals surface area (Å²) in [4.78, 5) is 17.9. The number of carbonyl (C=O) groups excluding carboxylic acids is 1. The van der Waals surface area contributed by atoms with E-state index in [9.17, 15) is 4.79 Å². The van der Waals surface area contributed by atoms with E-state index in [2.05, 4.69) is 43.5 Å². The first kappa shape index (κ1) is 26.0. The van der Waals surface area contributed by atoms with E-state index in [4.69, 9.17) is 15.2 Å². The van der Waals surface area contributed by atoms with Crippen molar-refractivity contribution in [2.75, 3.05) is 57.1 Å². The van der Waals surface area contributed by atoms with Crippen molar-refractivity contribution < 1.29 is 14.3 Å². The molecule has 0 unspecified atom stereocenters. The number of anilines is 2. The number of hydrogen-bond acceptors (Lipinski definition) is 7. The largest absolute Gasteiger partial charge is 0.489 e. The third-order valence-corrected chi connectivity index (χ3v) is 8.67. The first-order valence-electron chi connectivity index (χ1n) is 14.5. The van der Waals surface area contributed by atoms with Gasteiger partial charge in [-0.25, -0.2) is 0 Å². The number of aromatic nitrogens is 2. The molecule has 3 aromatic rings. The van der Waals surface area contributed by atoms with Crippen LogP contribution < -0.4 is 20.7 Å². The van der Waals surface area contributed by atoms with Crippen LogP contribution in [0.15, 0.2) is 30.3 Å². The summed E-state index contributed by atoms with van der Waals surface area (Å²) in [5.74, 6) is 1.11. The van der Waals surface area contributed by atoms with Gasteiger partial charge in [-0.3, -0.25) is 14.8 Å². The van der Waals surface area contributed by atoms with Gasteiger partial charge in [0.1, 0.15) is 11.9 Å².